The van der Waals surface area contributed by atoms with Gasteiger partial charge in [-0.05, 0) is 11.6 Å². The summed E-state index contributed by atoms with van der Waals surface area (Å²) < 4.78 is 22.8. The number of hydrogen-bond acceptors (Lipinski definition) is 2. The second-order valence-electron chi connectivity index (χ2n) is 2.96. The van der Waals surface area contributed by atoms with Crippen molar-refractivity contribution in [3.63, 3.8) is 0 Å². The first-order chi connectivity index (χ1) is 7.65. The molecule has 86 valence electrons. The van der Waals surface area contributed by atoms with E-state index in [4.69, 9.17) is 13.3 Å². The first kappa shape index (κ1) is 16.5. The Bertz CT molecular complexity index is 496. The van der Waals surface area contributed by atoms with E-state index in [0.717, 1.165) is 22.8 Å². The van der Waals surface area contributed by atoms with E-state index in [2.05, 4.69) is 4.98 Å². The van der Waals surface area contributed by atoms with Crippen molar-refractivity contribution in [1.82, 2.24) is 4.98 Å². The van der Waals surface area contributed by atoms with Crippen LogP contribution in [-0.4, -0.2) is 24.6 Å². The molecule has 5 nitrogen and oxygen atoms in total. The molecule has 3 N–H and O–H groups in total. The van der Waals surface area contributed by atoms with E-state index < -0.39 is 11.4 Å². The average Bonchev–Trinajstić information content (AvgIpc) is 2.62. The minimum absolute atomic E-state index is 0. The Hall–Kier alpha value is -0.500. The number of hydrogen-bond donors (Lipinski definition) is 3. The first-order valence-electron chi connectivity index (χ1n) is 4.43. The number of rotatable bonds is 2. The monoisotopic (exact) mass is 264 g/mol. The molecular formula is C10H11NNaO4S+. The molecule has 2 rings (SSSR count). The summed E-state index contributed by atoms with van der Waals surface area (Å²) in [6.45, 7) is 0. The van der Waals surface area contributed by atoms with Gasteiger partial charge in [0.25, 0.3) is 11.4 Å². The molecule has 1 aromatic heterocycles. The molecule has 0 bridgehead atoms. The Labute approximate surface area is 123 Å². The van der Waals surface area contributed by atoms with Gasteiger partial charge in [-0.2, -0.15) is 4.21 Å². The number of aromatic nitrogens is 1. The van der Waals surface area contributed by atoms with E-state index in [1.54, 1.807) is 0 Å². The van der Waals surface area contributed by atoms with Crippen LogP contribution >= 0.6 is 0 Å². The van der Waals surface area contributed by atoms with Crippen molar-refractivity contribution < 1.29 is 47.7 Å². The molecule has 17 heavy (non-hydrogen) atoms. The smallest absolute Gasteiger partial charge is 0.361 e. The molecule has 0 spiro atoms. The predicted molar refractivity (Wildman–Crippen MR) is 61.5 cm³/mol. The van der Waals surface area contributed by atoms with Gasteiger partial charge in [0, 0.05) is 23.5 Å². The third kappa shape index (κ3) is 5.58. The third-order valence-electron chi connectivity index (χ3n) is 1.98. The zero-order chi connectivity index (χ0) is 12.0. The molecule has 0 aliphatic heterocycles. The molecule has 0 atom stereocenters. The number of aldehydes is 1. The fourth-order valence-corrected chi connectivity index (χ4v) is 1.39. The maximum absolute atomic E-state index is 10.3. The van der Waals surface area contributed by atoms with Crippen molar-refractivity contribution in [2.45, 2.75) is 6.42 Å². The normalized spacial score (nSPS) is 9.35. The average molecular weight is 264 g/mol. The molecule has 0 aliphatic rings. The van der Waals surface area contributed by atoms with Crippen LogP contribution in [0.5, 0.6) is 0 Å². The van der Waals surface area contributed by atoms with Crippen LogP contribution in [0.3, 0.4) is 0 Å². The fraction of sp³-hybridized carbons (Fsp3) is 0.100. The van der Waals surface area contributed by atoms with E-state index in [0.29, 0.717) is 6.42 Å². The molecule has 7 heteroatoms. The second kappa shape index (κ2) is 8.57. The Morgan fingerprint density at radius 2 is 1.88 bits per heavy atom. The van der Waals surface area contributed by atoms with E-state index in [-0.39, 0.29) is 29.6 Å². The first-order valence-corrected chi connectivity index (χ1v) is 5.50. The largest absolute Gasteiger partial charge is 1.00 e. The van der Waals surface area contributed by atoms with Crippen LogP contribution in [0.4, 0.5) is 0 Å². The third-order valence-corrected chi connectivity index (χ3v) is 1.98. The summed E-state index contributed by atoms with van der Waals surface area (Å²) >= 11 is -2.61. The van der Waals surface area contributed by atoms with Gasteiger partial charge >= 0.3 is 29.6 Å². The van der Waals surface area contributed by atoms with E-state index in [1.165, 1.54) is 0 Å². The van der Waals surface area contributed by atoms with Crippen LogP contribution in [0.2, 0.25) is 0 Å². The number of carbonyl (C=O) groups excluding carboxylic acids is 1. The van der Waals surface area contributed by atoms with Crippen molar-refractivity contribution in [1.29, 1.82) is 0 Å². The molecule has 0 radical (unpaired) electrons. The minimum atomic E-state index is -2.61. The fourth-order valence-electron chi connectivity index (χ4n) is 1.39. The zero-order valence-corrected chi connectivity index (χ0v) is 12.1. The number of carbonyl (C=O) groups is 1. The molecule has 0 saturated heterocycles. The predicted octanol–water partition coefficient (Wildman–Crippen LogP) is -1.41. The Balaban J connectivity index is 0.000000453. The molecule has 2 aromatic rings. The van der Waals surface area contributed by atoms with Crippen molar-refractivity contribution in [3.05, 3.63) is 36.0 Å². The SMILES string of the molecule is O=CCc1c[nH]c2ccccc12.O=S(O)O.[Na+]. The van der Waals surface area contributed by atoms with Gasteiger partial charge in [-0.15, -0.1) is 0 Å². The van der Waals surface area contributed by atoms with Crippen molar-refractivity contribution in [3.8, 4) is 0 Å². The maximum atomic E-state index is 10.3. The molecule has 0 aliphatic carbocycles. The number of nitrogens with one attached hydrogen (secondary N) is 1. The standard InChI is InChI=1S/C10H9NO.Na.H2O3S/c12-6-5-8-7-11-10-4-2-1-3-9(8)10;;1-4(2)3/h1-4,6-7,11H,5H2;;(H2,1,2,3)/q;+1;. The van der Waals surface area contributed by atoms with Crippen molar-refractivity contribution in [2.75, 3.05) is 0 Å². The van der Waals surface area contributed by atoms with Gasteiger partial charge in [-0.3, -0.25) is 9.11 Å². The van der Waals surface area contributed by atoms with Crippen LogP contribution in [0, 0.1) is 0 Å². The number of para-hydroxylation sites is 1. The van der Waals surface area contributed by atoms with Gasteiger partial charge in [0.15, 0.2) is 0 Å². The molecule has 0 unspecified atom stereocenters. The van der Waals surface area contributed by atoms with Crippen LogP contribution in [0.1, 0.15) is 5.56 Å². The number of aromatic amines is 1. The number of H-pyrrole nitrogens is 1. The van der Waals surface area contributed by atoms with E-state index in [9.17, 15) is 4.79 Å². The zero-order valence-electron chi connectivity index (χ0n) is 9.29. The van der Waals surface area contributed by atoms with Crippen LogP contribution in [-0.2, 0) is 22.6 Å². The molecule has 0 saturated carbocycles. The number of benzene rings is 1. The second-order valence-corrected chi connectivity index (χ2v) is 3.42. The van der Waals surface area contributed by atoms with Gasteiger partial charge in [-0.1, -0.05) is 18.2 Å². The summed E-state index contributed by atoms with van der Waals surface area (Å²) in [5.41, 5.74) is 2.16. The van der Waals surface area contributed by atoms with Gasteiger partial charge in [-0.25, -0.2) is 0 Å². The van der Waals surface area contributed by atoms with E-state index in [1.807, 2.05) is 30.5 Å². The van der Waals surface area contributed by atoms with Crippen molar-refractivity contribution >= 4 is 28.6 Å². The summed E-state index contributed by atoms with van der Waals surface area (Å²) in [4.78, 5) is 13.4. The molecule has 0 amide bonds. The Morgan fingerprint density at radius 3 is 2.47 bits per heavy atom. The van der Waals surface area contributed by atoms with Crippen LogP contribution < -0.4 is 29.6 Å². The summed E-state index contributed by atoms with van der Waals surface area (Å²) in [6.07, 6.45) is 3.30. The molecular weight excluding hydrogens is 253 g/mol. The van der Waals surface area contributed by atoms with Gasteiger partial charge in [0.05, 0.1) is 0 Å². The Kier molecular flexibility index (Phi) is 8.32. The van der Waals surface area contributed by atoms with Gasteiger partial charge in [0.2, 0.25) is 0 Å². The Morgan fingerprint density at radius 1 is 1.29 bits per heavy atom. The maximum Gasteiger partial charge on any atom is 1.00 e. The molecule has 1 aromatic carbocycles. The number of fused-ring (bicyclic) bond motifs is 1. The molecule has 0 fully saturated rings. The summed E-state index contributed by atoms with van der Waals surface area (Å²) in [5.74, 6) is 0. The summed E-state index contributed by atoms with van der Waals surface area (Å²) in [6, 6.07) is 7.97. The summed E-state index contributed by atoms with van der Waals surface area (Å²) in [7, 11) is 0. The van der Waals surface area contributed by atoms with Crippen LogP contribution in [0.25, 0.3) is 10.9 Å². The van der Waals surface area contributed by atoms with Gasteiger partial charge < -0.3 is 9.78 Å². The quantitative estimate of drug-likeness (QED) is 0.353. The topological polar surface area (TPSA) is 90.4 Å². The van der Waals surface area contributed by atoms with Gasteiger partial charge in [0.1, 0.15) is 6.29 Å². The van der Waals surface area contributed by atoms with Crippen molar-refractivity contribution in [2.24, 2.45) is 0 Å². The summed E-state index contributed by atoms with van der Waals surface area (Å²) in [5, 5.41) is 1.14. The molecule has 1 heterocycles. The van der Waals surface area contributed by atoms with E-state index >= 15 is 0 Å². The van der Waals surface area contributed by atoms with Crippen LogP contribution in [0.15, 0.2) is 30.5 Å². The minimum Gasteiger partial charge on any atom is -0.361 e.